The van der Waals surface area contributed by atoms with Crippen LogP contribution in [0.5, 0.6) is 5.75 Å². The summed E-state index contributed by atoms with van der Waals surface area (Å²) in [5, 5.41) is 0. The molecule has 31 heavy (non-hydrogen) atoms. The molecule has 0 saturated carbocycles. The third-order valence-corrected chi connectivity index (χ3v) is 7.28. The second-order valence-electron chi connectivity index (χ2n) is 7.58. The van der Waals surface area contributed by atoms with Gasteiger partial charge in [0.25, 0.3) is 0 Å². The van der Waals surface area contributed by atoms with E-state index in [1.807, 2.05) is 13.0 Å². The number of nitrogens with zero attached hydrogens (tertiary/aromatic N) is 2. The number of hydrogen-bond acceptors (Lipinski definition) is 4. The summed E-state index contributed by atoms with van der Waals surface area (Å²) >= 11 is 0. The van der Waals surface area contributed by atoms with E-state index in [-0.39, 0.29) is 37.8 Å². The maximum Gasteiger partial charge on any atom is 0.243 e. The van der Waals surface area contributed by atoms with Crippen molar-refractivity contribution in [2.24, 2.45) is 0 Å². The van der Waals surface area contributed by atoms with Gasteiger partial charge < -0.3 is 9.64 Å². The van der Waals surface area contributed by atoms with Gasteiger partial charge in [-0.15, -0.1) is 0 Å². The molecule has 1 fully saturated rings. The summed E-state index contributed by atoms with van der Waals surface area (Å²) in [6.45, 7) is 4.84. The minimum Gasteiger partial charge on any atom is -0.491 e. The lowest BCUT2D eigenvalue weighted by molar-refractivity contribution is -0.132. The Balaban J connectivity index is 1.47. The van der Waals surface area contributed by atoms with Gasteiger partial charge in [0, 0.05) is 38.7 Å². The Bertz CT molecular complexity index is 1050. The van der Waals surface area contributed by atoms with E-state index in [2.05, 4.69) is 0 Å². The van der Waals surface area contributed by atoms with Gasteiger partial charge in [0.15, 0.2) is 11.6 Å². The first-order chi connectivity index (χ1) is 14.7. The Kier molecular flexibility index (Phi) is 7.27. The van der Waals surface area contributed by atoms with Crippen molar-refractivity contribution in [2.45, 2.75) is 31.6 Å². The number of rotatable bonds is 7. The Morgan fingerprint density at radius 3 is 2.42 bits per heavy atom. The molecule has 1 heterocycles. The van der Waals surface area contributed by atoms with Crippen LogP contribution in [-0.2, 0) is 14.8 Å². The van der Waals surface area contributed by atoms with Crippen LogP contribution in [0.2, 0.25) is 0 Å². The average molecular weight is 453 g/mol. The maximum absolute atomic E-state index is 13.5. The normalized spacial score (nSPS) is 15.2. The molecule has 0 aliphatic carbocycles. The van der Waals surface area contributed by atoms with E-state index < -0.39 is 21.7 Å². The summed E-state index contributed by atoms with van der Waals surface area (Å²) in [5.41, 5.74) is 1.57. The van der Waals surface area contributed by atoms with Crippen LogP contribution in [-0.4, -0.2) is 56.3 Å². The van der Waals surface area contributed by atoms with Crippen LogP contribution in [0, 0.1) is 25.5 Å². The van der Waals surface area contributed by atoms with Crippen molar-refractivity contribution in [3.05, 3.63) is 59.2 Å². The Hall–Kier alpha value is -2.52. The molecule has 1 saturated heterocycles. The van der Waals surface area contributed by atoms with Crippen molar-refractivity contribution in [1.82, 2.24) is 9.21 Å². The van der Waals surface area contributed by atoms with Gasteiger partial charge in [-0.2, -0.15) is 4.31 Å². The van der Waals surface area contributed by atoms with Crippen LogP contribution >= 0.6 is 0 Å². The van der Waals surface area contributed by atoms with Crippen molar-refractivity contribution in [2.75, 3.05) is 32.8 Å². The molecular weight excluding hydrogens is 426 g/mol. The predicted molar refractivity (Wildman–Crippen MR) is 112 cm³/mol. The van der Waals surface area contributed by atoms with Gasteiger partial charge in [0.05, 0.1) is 11.5 Å². The van der Waals surface area contributed by atoms with E-state index >= 15 is 0 Å². The third-order valence-electron chi connectivity index (χ3n) is 5.24. The Morgan fingerprint density at radius 1 is 1.03 bits per heavy atom. The van der Waals surface area contributed by atoms with Crippen molar-refractivity contribution in [3.8, 4) is 5.75 Å². The van der Waals surface area contributed by atoms with E-state index in [1.165, 1.54) is 10.4 Å². The topological polar surface area (TPSA) is 66.9 Å². The molecule has 9 heteroatoms. The summed E-state index contributed by atoms with van der Waals surface area (Å²) in [6, 6.07) is 8.40. The van der Waals surface area contributed by atoms with Crippen LogP contribution in [0.1, 0.15) is 24.0 Å². The van der Waals surface area contributed by atoms with Gasteiger partial charge in [-0.1, -0.05) is 12.1 Å². The van der Waals surface area contributed by atoms with Gasteiger partial charge >= 0.3 is 0 Å². The molecule has 0 aromatic heterocycles. The van der Waals surface area contributed by atoms with Crippen molar-refractivity contribution in [1.29, 1.82) is 0 Å². The van der Waals surface area contributed by atoms with E-state index in [1.54, 1.807) is 24.0 Å². The largest absolute Gasteiger partial charge is 0.491 e. The van der Waals surface area contributed by atoms with Crippen LogP contribution in [0.25, 0.3) is 0 Å². The lowest BCUT2D eigenvalue weighted by Crippen LogP contribution is -2.50. The molecule has 6 nitrogen and oxygen atoms in total. The van der Waals surface area contributed by atoms with Crippen LogP contribution in [0.3, 0.4) is 0 Å². The summed E-state index contributed by atoms with van der Waals surface area (Å²) in [5.74, 6) is -1.63. The number of halogens is 2. The molecule has 1 aliphatic rings. The zero-order chi connectivity index (χ0) is 22.6. The standard InChI is InChI=1S/C22H26F2N2O4S/c1-16-5-6-17(2)21(14-16)31(28,29)26-11-9-25(10-12-26)22(27)4-3-13-30-20-8-7-18(23)15-19(20)24/h5-8,14-15H,3-4,9-13H2,1-2H3. The second kappa shape index (κ2) is 9.74. The zero-order valence-electron chi connectivity index (χ0n) is 17.6. The number of hydrogen-bond donors (Lipinski definition) is 0. The van der Waals surface area contributed by atoms with Gasteiger partial charge in [0.1, 0.15) is 5.82 Å². The van der Waals surface area contributed by atoms with Gasteiger partial charge in [0.2, 0.25) is 15.9 Å². The quantitative estimate of drug-likeness (QED) is 0.605. The van der Waals surface area contributed by atoms with E-state index in [0.717, 1.165) is 17.7 Å². The molecule has 0 atom stereocenters. The monoisotopic (exact) mass is 452 g/mol. The number of aryl methyl sites for hydroxylation is 2. The van der Waals surface area contributed by atoms with Gasteiger partial charge in [-0.3, -0.25) is 4.79 Å². The Morgan fingerprint density at radius 2 is 1.74 bits per heavy atom. The molecular formula is C22H26F2N2O4S. The molecule has 0 spiro atoms. The first kappa shape index (κ1) is 23.1. The van der Waals surface area contributed by atoms with Crippen LogP contribution in [0.15, 0.2) is 41.3 Å². The molecule has 1 aliphatic heterocycles. The smallest absolute Gasteiger partial charge is 0.243 e. The average Bonchev–Trinajstić information content (AvgIpc) is 2.74. The summed E-state index contributed by atoms with van der Waals surface area (Å²) in [6.07, 6.45) is 0.573. The number of carbonyl (C=O) groups excluding carboxylic acids is 1. The molecule has 0 radical (unpaired) electrons. The lowest BCUT2D eigenvalue weighted by Gasteiger charge is -2.34. The number of sulfonamides is 1. The molecule has 0 unspecified atom stereocenters. The van der Waals surface area contributed by atoms with E-state index in [4.69, 9.17) is 4.74 Å². The number of carbonyl (C=O) groups is 1. The third kappa shape index (κ3) is 5.59. The van der Waals surface area contributed by atoms with Crippen molar-refractivity contribution >= 4 is 15.9 Å². The van der Waals surface area contributed by atoms with Gasteiger partial charge in [-0.25, -0.2) is 17.2 Å². The minimum absolute atomic E-state index is 0.0564. The van der Waals surface area contributed by atoms with E-state index in [9.17, 15) is 22.0 Å². The molecule has 1 amide bonds. The first-order valence-corrected chi connectivity index (χ1v) is 11.6. The molecule has 0 N–H and O–H groups in total. The van der Waals surface area contributed by atoms with Crippen molar-refractivity contribution < 1.29 is 26.7 Å². The first-order valence-electron chi connectivity index (χ1n) is 10.1. The predicted octanol–water partition coefficient (Wildman–Crippen LogP) is 3.27. The highest BCUT2D eigenvalue weighted by molar-refractivity contribution is 7.89. The fourth-order valence-electron chi connectivity index (χ4n) is 3.46. The van der Waals surface area contributed by atoms with Gasteiger partial charge in [-0.05, 0) is 49.6 Å². The van der Waals surface area contributed by atoms with E-state index in [0.29, 0.717) is 30.0 Å². The second-order valence-corrected chi connectivity index (χ2v) is 9.49. The Labute approximate surface area is 181 Å². The summed E-state index contributed by atoms with van der Waals surface area (Å²) < 4.78 is 59.1. The molecule has 3 rings (SSSR count). The summed E-state index contributed by atoms with van der Waals surface area (Å²) in [7, 11) is -3.61. The summed E-state index contributed by atoms with van der Waals surface area (Å²) in [4.78, 5) is 14.4. The zero-order valence-corrected chi connectivity index (χ0v) is 18.4. The van der Waals surface area contributed by atoms with Crippen LogP contribution in [0.4, 0.5) is 8.78 Å². The molecule has 2 aromatic carbocycles. The van der Waals surface area contributed by atoms with Crippen LogP contribution < -0.4 is 4.74 Å². The highest BCUT2D eigenvalue weighted by atomic mass is 32.2. The van der Waals surface area contributed by atoms with Crippen molar-refractivity contribution in [3.63, 3.8) is 0 Å². The minimum atomic E-state index is -3.61. The number of piperazine rings is 1. The highest BCUT2D eigenvalue weighted by Crippen LogP contribution is 2.23. The number of benzene rings is 2. The maximum atomic E-state index is 13.5. The SMILES string of the molecule is Cc1ccc(C)c(S(=O)(=O)N2CCN(C(=O)CCCOc3ccc(F)cc3F)CC2)c1. The molecule has 168 valence electrons. The molecule has 2 aromatic rings. The fourth-order valence-corrected chi connectivity index (χ4v) is 5.19. The molecule has 0 bridgehead atoms. The fraction of sp³-hybridized carbons (Fsp3) is 0.409. The number of amides is 1. The number of ether oxygens (including phenoxy) is 1. The highest BCUT2D eigenvalue weighted by Gasteiger charge is 2.30. The lowest BCUT2D eigenvalue weighted by atomic mass is 10.2.